The molecule has 1 rings (SSSR count). The van der Waals surface area contributed by atoms with Gasteiger partial charge < -0.3 is 20.3 Å². The van der Waals surface area contributed by atoms with Gasteiger partial charge in [-0.25, -0.2) is 4.79 Å². The Morgan fingerprint density at radius 3 is 2.06 bits per heavy atom. The Hall–Kier alpha value is -2.57. The third-order valence-electron chi connectivity index (χ3n) is 5.72. The second kappa shape index (κ2) is 12.1. The summed E-state index contributed by atoms with van der Waals surface area (Å²) >= 11 is 0. The zero-order valence-corrected chi connectivity index (χ0v) is 21.9. The Labute approximate surface area is 199 Å². The summed E-state index contributed by atoms with van der Waals surface area (Å²) in [7, 11) is 0. The predicted molar refractivity (Wildman–Crippen MR) is 132 cm³/mol. The summed E-state index contributed by atoms with van der Waals surface area (Å²) in [6.45, 7) is 17.4. The summed E-state index contributed by atoms with van der Waals surface area (Å²) < 4.78 is 5.28. The molecule has 0 heterocycles. The SMILES string of the molecule is CCCCNC(=O)C(c1c(C)cccc1C)N(C(=O)CNC(=O)OC(C)(C)C)C(C)(C)CC. The number of rotatable bonds is 10. The fourth-order valence-corrected chi connectivity index (χ4v) is 3.67. The van der Waals surface area contributed by atoms with Gasteiger partial charge in [0.2, 0.25) is 11.8 Å². The Balaban J connectivity index is 3.41. The average molecular weight is 462 g/mol. The molecule has 186 valence electrons. The summed E-state index contributed by atoms with van der Waals surface area (Å²) in [5, 5.41) is 5.58. The fraction of sp³-hybridized carbons (Fsp3) is 0.654. The van der Waals surface area contributed by atoms with Crippen LogP contribution in [0.1, 0.15) is 90.5 Å². The topological polar surface area (TPSA) is 87.7 Å². The maximum Gasteiger partial charge on any atom is 0.408 e. The summed E-state index contributed by atoms with van der Waals surface area (Å²) in [4.78, 5) is 40.9. The van der Waals surface area contributed by atoms with E-state index in [1.807, 2.05) is 52.8 Å². The lowest BCUT2D eigenvalue weighted by Crippen LogP contribution is -2.56. The molecule has 1 unspecified atom stereocenters. The number of amides is 3. The summed E-state index contributed by atoms with van der Waals surface area (Å²) in [5.41, 5.74) is 1.40. The van der Waals surface area contributed by atoms with Crippen molar-refractivity contribution in [3.8, 4) is 0 Å². The number of carbonyl (C=O) groups is 3. The van der Waals surface area contributed by atoms with Gasteiger partial charge in [0.15, 0.2) is 0 Å². The van der Waals surface area contributed by atoms with Crippen LogP contribution in [0.4, 0.5) is 4.79 Å². The molecule has 3 amide bonds. The maximum absolute atomic E-state index is 13.6. The van der Waals surface area contributed by atoms with Crippen LogP contribution < -0.4 is 10.6 Å². The van der Waals surface area contributed by atoms with Crippen LogP contribution in [0.15, 0.2) is 18.2 Å². The van der Waals surface area contributed by atoms with Gasteiger partial charge in [0, 0.05) is 12.1 Å². The first-order valence-electron chi connectivity index (χ1n) is 11.9. The molecule has 0 aliphatic carbocycles. The van der Waals surface area contributed by atoms with E-state index in [9.17, 15) is 14.4 Å². The van der Waals surface area contributed by atoms with Crippen LogP contribution in [0.3, 0.4) is 0 Å². The first-order valence-corrected chi connectivity index (χ1v) is 11.9. The van der Waals surface area contributed by atoms with Gasteiger partial charge in [-0.2, -0.15) is 0 Å². The van der Waals surface area contributed by atoms with Crippen LogP contribution in [0.2, 0.25) is 0 Å². The van der Waals surface area contributed by atoms with Crippen LogP contribution in [-0.2, 0) is 14.3 Å². The van der Waals surface area contributed by atoms with E-state index in [0.717, 1.165) is 29.5 Å². The summed E-state index contributed by atoms with van der Waals surface area (Å²) in [6, 6.07) is 5.04. The van der Waals surface area contributed by atoms with Crippen molar-refractivity contribution >= 4 is 17.9 Å². The van der Waals surface area contributed by atoms with Crippen LogP contribution in [0, 0.1) is 13.8 Å². The molecule has 0 aromatic heterocycles. The minimum absolute atomic E-state index is 0.215. The Kier molecular flexibility index (Phi) is 10.4. The van der Waals surface area contributed by atoms with Gasteiger partial charge >= 0.3 is 6.09 Å². The van der Waals surface area contributed by atoms with Crippen LogP contribution in [-0.4, -0.2) is 47.0 Å². The molecule has 2 N–H and O–H groups in total. The molecular weight excluding hydrogens is 418 g/mol. The number of hydrogen-bond acceptors (Lipinski definition) is 4. The van der Waals surface area contributed by atoms with Crippen molar-refractivity contribution in [2.24, 2.45) is 0 Å². The third kappa shape index (κ3) is 8.37. The number of unbranched alkanes of at least 4 members (excludes halogenated alkanes) is 1. The highest BCUT2D eigenvalue weighted by Gasteiger charge is 2.41. The van der Waals surface area contributed by atoms with Crippen molar-refractivity contribution in [3.63, 3.8) is 0 Å². The molecule has 0 aliphatic heterocycles. The van der Waals surface area contributed by atoms with Crippen molar-refractivity contribution in [2.75, 3.05) is 13.1 Å². The molecule has 0 saturated carbocycles. The lowest BCUT2D eigenvalue weighted by Gasteiger charge is -2.44. The van der Waals surface area contributed by atoms with E-state index in [2.05, 4.69) is 17.6 Å². The van der Waals surface area contributed by atoms with Gasteiger partial charge in [-0.15, -0.1) is 0 Å². The minimum atomic E-state index is -0.814. The molecule has 0 saturated heterocycles. The molecule has 7 heteroatoms. The van der Waals surface area contributed by atoms with Crippen LogP contribution in [0.25, 0.3) is 0 Å². The van der Waals surface area contributed by atoms with Crippen LogP contribution in [0.5, 0.6) is 0 Å². The number of carbonyl (C=O) groups excluding carboxylic acids is 3. The number of nitrogens with zero attached hydrogens (tertiary/aromatic N) is 1. The normalized spacial score (nSPS) is 12.6. The second-order valence-corrected chi connectivity index (χ2v) is 10.1. The van der Waals surface area contributed by atoms with Gasteiger partial charge in [0.05, 0.1) is 0 Å². The third-order valence-corrected chi connectivity index (χ3v) is 5.72. The standard InChI is InChI=1S/C26H43N3O4/c1-10-12-16-27-23(31)22(21-18(3)14-13-15-19(21)4)29(26(8,9)11-2)20(30)17-28-24(32)33-25(5,6)7/h13-15,22H,10-12,16-17H2,1-9H3,(H,27,31)(H,28,32). The van der Waals surface area contributed by atoms with Crippen molar-refractivity contribution in [3.05, 3.63) is 34.9 Å². The average Bonchev–Trinajstić information content (AvgIpc) is 2.69. The molecule has 1 aromatic carbocycles. The number of aryl methyl sites for hydroxylation is 2. The van der Waals surface area contributed by atoms with Crippen LogP contribution >= 0.6 is 0 Å². The number of ether oxygens (including phenoxy) is 1. The molecule has 0 bridgehead atoms. The Morgan fingerprint density at radius 2 is 1.58 bits per heavy atom. The molecule has 0 spiro atoms. The Bertz CT molecular complexity index is 807. The highest BCUT2D eigenvalue weighted by molar-refractivity contribution is 5.91. The van der Waals surface area contributed by atoms with Crippen molar-refractivity contribution in [2.45, 2.75) is 98.8 Å². The fourth-order valence-electron chi connectivity index (χ4n) is 3.67. The van der Waals surface area contributed by atoms with E-state index >= 15 is 0 Å². The molecule has 0 aliphatic rings. The minimum Gasteiger partial charge on any atom is -0.444 e. The van der Waals surface area contributed by atoms with E-state index in [-0.39, 0.29) is 18.4 Å². The smallest absolute Gasteiger partial charge is 0.408 e. The lowest BCUT2D eigenvalue weighted by molar-refractivity contribution is -0.146. The zero-order chi connectivity index (χ0) is 25.4. The van der Waals surface area contributed by atoms with Gasteiger partial charge in [0.1, 0.15) is 18.2 Å². The van der Waals surface area contributed by atoms with Crippen molar-refractivity contribution in [1.29, 1.82) is 0 Å². The molecular formula is C26H43N3O4. The first-order chi connectivity index (χ1) is 15.2. The number of nitrogens with one attached hydrogen (secondary N) is 2. The number of hydrogen-bond donors (Lipinski definition) is 2. The van der Waals surface area contributed by atoms with E-state index in [1.165, 1.54) is 0 Å². The molecule has 33 heavy (non-hydrogen) atoms. The predicted octanol–water partition coefficient (Wildman–Crippen LogP) is 4.80. The van der Waals surface area contributed by atoms with Crippen molar-refractivity contribution < 1.29 is 19.1 Å². The molecule has 1 aromatic rings. The second-order valence-electron chi connectivity index (χ2n) is 10.1. The molecule has 0 fully saturated rings. The highest BCUT2D eigenvalue weighted by Crippen LogP contribution is 2.34. The summed E-state index contributed by atoms with van der Waals surface area (Å²) in [6.07, 6.45) is 1.78. The number of benzene rings is 1. The zero-order valence-electron chi connectivity index (χ0n) is 21.9. The lowest BCUT2D eigenvalue weighted by atomic mass is 9.89. The highest BCUT2D eigenvalue weighted by atomic mass is 16.6. The van der Waals surface area contributed by atoms with Crippen molar-refractivity contribution in [1.82, 2.24) is 15.5 Å². The van der Waals surface area contributed by atoms with Gasteiger partial charge in [-0.3, -0.25) is 9.59 Å². The van der Waals surface area contributed by atoms with Gasteiger partial charge in [-0.05, 0) is 78.0 Å². The first kappa shape index (κ1) is 28.5. The molecule has 7 nitrogen and oxygen atoms in total. The number of alkyl carbamates (subject to hydrolysis) is 1. The molecule has 1 atom stereocenters. The van der Waals surface area contributed by atoms with E-state index in [4.69, 9.17) is 4.74 Å². The van der Waals surface area contributed by atoms with E-state index in [1.54, 1.807) is 25.7 Å². The van der Waals surface area contributed by atoms with Gasteiger partial charge in [-0.1, -0.05) is 38.5 Å². The van der Waals surface area contributed by atoms with E-state index < -0.39 is 23.3 Å². The summed E-state index contributed by atoms with van der Waals surface area (Å²) in [5.74, 6) is -0.556. The Morgan fingerprint density at radius 1 is 1.00 bits per heavy atom. The maximum atomic E-state index is 13.6. The quantitative estimate of drug-likeness (QED) is 0.490. The monoisotopic (exact) mass is 461 g/mol. The van der Waals surface area contributed by atoms with E-state index in [0.29, 0.717) is 13.0 Å². The molecule has 0 radical (unpaired) electrons. The largest absolute Gasteiger partial charge is 0.444 e. The van der Waals surface area contributed by atoms with Gasteiger partial charge in [0.25, 0.3) is 0 Å².